The van der Waals surface area contributed by atoms with Gasteiger partial charge in [-0.1, -0.05) is 12.1 Å². The number of pyridine rings is 1. The molecule has 4 heterocycles. The Kier molecular flexibility index (Phi) is 5.26. The number of allylic oxidation sites excluding steroid dienone is 1. The van der Waals surface area contributed by atoms with E-state index in [-0.39, 0.29) is 12.1 Å². The normalized spacial score (nSPS) is 11.9. The number of hydrogen-bond donors (Lipinski definition) is 2. The lowest BCUT2D eigenvalue weighted by atomic mass is 10.1. The summed E-state index contributed by atoms with van der Waals surface area (Å²) >= 11 is 1.64. The highest BCUT2D eigenvalue weighted by molar-refractivity contribution is 7.18. The van der Waals surface area contributed by atoms with Gasteiger partial charge in [-0.3, -0.25) is 4.79 Å². The maximum absolute atomic E-state index is 13.1. The van der Waals surface area contributed by atoms with Gasteiger partial charge in [-0.25, -0.2) is 24.3 Å². The number of rotatable bonds is 6. The number of nitrogens with one attached hydrogen (secondary N) is 1. The first-order chi connectivity index (χ1) is 16.2. The number of nitrogens with zero attached hydrogens (tertiary/aromatic N) is 6. The Morgan fingerprint density at radius 2 is 2.03 bits per heavy atom. The van der Waals surface area contributed by atoms with Crippen LogP contribution in [0.25, 0.3) is 27.1 Å². The summed E-state index contributed by atoms with van der Waals surface area (Å²) in [5.74, 6) is 0.791. The van der Waals surface area contributed by atoms with Crippen LogP contribution in [0.4, 0.5) is 11.6 Å². The monoisotopic (exact) mass is 473 g/mol. The number of hydrogen-bond acceptors (Lipinski definition) is 8. The number of aromatic nitrogens is 6. The van der Waals surface area contributed by atoms with Crippen LogP contribution >= 0.6 is 11.3 Å². The maximum atomic E-state index is 13.1. The topological polar surface area (TPSA) is 111 Å². The van der Waals surface area contributed by atoms with Crippen molar-refractivity contribution in [3.63, 3.8) is 0 Å². The van der Waals surface area contributed by atoms with Crippen molar-refractivity contribution in [1.29, 1.82) is 0 Å². The standard InChI is InChI=1S/C24H23N7O2S/c1-5-11-30-22(32)16-13-25-23(27-15-9-10-18-17(12-15)26-14(2)34-18)29-21(16)31(30)20-8-6-7-19(28-20)24(3,4)33/h5-10,12-13,33H,1,11H2,2-4H3,(H,25,27,29). The van der Waals surface area contributed by atoms with E-state index in [4.69, 9.17) is 0 Å². The van der Waals surface area contributed by atoms with E-state index >= 15 is 0 Å². The van der Waals surface area contributed by atoms with Gasteiger partial charge in [0.1, 0.15) is 11.0 Å². The fraction of sp³-hybridized carbons (Fsp3) is 0.208. The number of anilines is 2. The van der Waals surface area contributed by atoms with Crippen molar-refractivity contribution in [3.05, 3.63) is 76.3 Å². The van der Waals surface area contributed by atoms with Gasteiger partial charge in [0, 0.05) is 11.9 Å². The molecule has 0 atom stereocenters. The molecule has 0 saturated carbocycles. The van der Waals surface area contributed by atoms with Gasteiger partial charge in [-0.2, -0.15) is 4.98 Å². The molecule has 0 aliphatic rings. The molecule has 0 fully saturated rings. The number of aryl methyl sites for hydroxylation is 1. The molecule has 5 rings (SSSR count). The Hall–Kier alpha value is -3.89. The molecule has 0 spiro atoms. The summed E-state index contributed by atoms with van der Waals surface area (Å²) < 4.78 is 4.23. The first kappa shape index (κ1) is 21.9. The van der Waals surface area contributed by atoms with Crippen LogP contribution in [0.2, 0.25) is 0 Å². The molecule has 2 N–H and O–H groups in total. The number of aliphatic hydroxyl groups is 1. The summed E-state index contributed by atoms with van der Waals surface area (Å²) in [4.78, 5) is 31.3. The van der Waals surface area contributed by atoms with Crippen molar-refractivity contribution in [3.8, 4) is 5.82 Å². The third-order valence-corrected chi connectivity index (χ3v) is 6.26. The highest BCUT2D eigenvalue weighted by Gasteiger charge is 2.21. The molecule has 10 heteroatoms. The molecule has 0 unspecified atom stereocenters. The zero-order chi connectivity index (χ0) is 24.0. The van der Waals surface area contributed by atoms with Crippen LogP contribution in [-0.2, 0) is 12.1 Å². The lowest BCUT2D eigenvalue weighted by Crippen LogP contribution is -2.23. The molecule has 0 saturated heterocycles. The van der Waals surface area contributed by atoms with Crippen LogP contribution in [0.3, 0.4) is 0 Å². The first-order valence-electron chi connectivity index (χ1n) is 10.7. The Labute approximate surface area is 199 Å². The molecule has 4 aromatic heterocycles. The first-order valence-corrected chi connectivity index (χ1v) is 11.5. The van der Waals surface area contributed by atoms with Gasteiger partial charge in [0.2, 0.25) is 5.95 Å². The highest BCUT2D eigenvalue weighted by atomic mass is 32.1. The molecule has 5 aromatic rings. The van der Waals surface area contributed by atoms with E-state index in [9.17, 15) is 9.90 Å². The molecular formula is C24H23N7O2S. The summed E-state index contributed by atoms with van der Waals surface area (Å²) in [7, 11) is 0. The van der Waals surface area contributed by atoms with E-state index in [1.807, 2.05) is 25.1 Å². The molecule has 0 radical (unpaired) electrons. The largest absolute Gasteiger partial charge is 0.384 e. The highest BCUT2D eigenvalue weighted by Crippen LogP contribution is 2.26. The van der Waals surface area contributed by atoms with Crippen molar-refractivity contribution in [2.24, 2.45) is 0 Å². The molecule has 0 bridgehead atoms. The number of thiazole rings is 1. The predicted molar refractivity (Wildman–Crippen MR) is 134 cm³/mol. The van der Waals surface area contributed by atoms with Gasteiger partial charge < -0.3 is 10.4 Å². The fourth-order valence-corrected chi connectivity index (χ4v) is 4.55. The Balaban J connectivity index is 1.65. The Morgan fingerprint density at radius 3 is 2.79 bits per heavy atom. The van der Waals surface area contributed by atoms with Crippen LogP contribution < -0.4 is 10.9 Å². The summed E-state index contributed by atoms with van der Waals surface area (Å²) in [6.45, 7) is 9.33. The fourth-order valence-electron chi connectivity index (χ4n) is 3.74. The average molecular weight is 474 g/mol. The summed E-state index contributed by atoms with van der Waals surface area (Å²) in [5.41, 5.74) is 1.17. The summed E-state index contributed by atoms with van der Waals surface area (Å²) in [6.07, 6.45) is 3.14. The average Bonchev–Trinajstić information content (AvgIpc) is 3.29. The van der Waals surface area contributed by atoms with Crippen LogP contribution in [0.1, 0.15) is 24.5 Å². The molecule has 34 heavy (non-hydrogen) atoms. The Bertz CT molecular complexity index is 1610. The summed E-state index contributed by atoms with van der Waals surface area (Å²) in [5, 5.41) is 15.0. The predicted octanol–water partition coefficient (Wildman–Crippen LogP) is 4.05. The lowest BCUT2D eigenvalue weighted by Gasteiger charge is -2.18. The van der Waals surface area contributed by atoms with Crippen molar-refractivity contribution < 1.29 is 5.11 Å². The van der Waals surface area contributed by atoms with Crippen molar-refractivity contribution in [2.75, 3.05) is 5.32 Å². The van der Waals surface area contributed by atoms with Gasteiger partial charge in [-0.05, 0) is 51.1 Å². The molecule has 9 nitrogen and oxygen atoms in total. The molecule has 0 amide bonds. The van der Waals surface area contributed by atoms with E-state index in [1.54, 1.807) is 54.1 Å². The van der Waals surface area contributed by atoms with Crippen LogP contribution in [0.5, 0.6) is 0 Å². The third-order valence-electron chi connectivity index (χ3n) is 5.31. The van der Waals surface area contributed by atoms with E-state index in [0.717, 1.165) is 20.9 Å². The molecule has 0 aliphatic heterocycles. The van der Waals surface area contributed by atoms with E-state index in [1.165, 1.54) is 10.9 Å². The SMILES string of the molecule is C=CCn1c(=O)c2cnc(Nc3ccc4sc(C)nc4c3)nc2n1-c1cccc(C(C)(C)O)n1. The minimum atomic E-state index is -1.14. The zero-order valence-electron chi connectivity index (χ0n) is 19.0. The van der Waals surface area contributed by atoms with Crippen molar-refractivity contribution in [2.45, 2.75) is 32.9 Å². The third kappa shape index (κ3) is 3.87. The van der Waals surface area contributed by atoms with Crippen LogP contribution in [0, 0.1) is 6.92 Å². The van der Waals surface area contributed by atoms with E-state index in [0.29, 0.717) is 28.5 Å². The quantitative estimate of drug-likeness (QED) is 0.358. The molecular weight excluding hydrogens is 450 g/mol. The second-order valence-corrected chi connectivity index (χ2v) is 9.63. The van der Waals surface area contributed by atoms with E-state index in [2.05, 4.69) is 31.8 Å². The molecule has 172 valence electrons. The minimum absolute atomic E-state index is 0.253. The van der Waals surface area contributed by atoms with E-state index < -0.39 is 5.60 Å². The second-order valence-electron chi connectivity index (χ2n) is 8.40. The van der Waals surface area contributed by atoms with Gasteiger partial charge in [0.15, 0.2) is 11.5 Å². The van der Waals surface area contributed by atoms with Gasteiger partial charge in [-0.15, -0.1) is 17.9 Å². The summed E-state index contributed by atoms with van der Waals surface area (Å²) in [6, 6.07) is 11.2. The number of benzene rings is 1. The van der Waals surface area contributed by atoms with Crippen molar-refractivity contribution in [1.82, 2.24) is 29.3 Å². The zero-order valence-corrected chi connectivity index (χ0v) is 19.8. The minimum Gasteiger partial charge on any atom is -0.384 e. The second kappa shape index (κ2) is 8.15. The lowest BCUT2D eigenvalue weighted by molar-refractivity contribution is 0.0738. The molecule has 0 aliphatic carbocycles. The Morgan fingerprint density at radius 1 is 1.21 bits per heavy atom. The smallest absolute Gasteiger partial charge is 0.278 e. The van der Waals surface area contributed by atoms with Crippen molar-refractivity contribution >= 4 is 44.2 Å². The van der Waals surface area contributed by atoms with Gasteiger partial charge in [0.05, 0.1) is 27.5 Å². The van der Waals surface area contributed by atoms with Crippen LogP contribution in [0.15, 0.2) is 60.0 Å². The molecule has 1 aromatic carbocycles. The van der Waals surface area contributed by atoms with Gasteiger partial charge in [0.25, 0.3) is 5.56 Å². The van der Waals surface area contributed by atoms with Crippen LogP contribution in [-0.4, -0.2) is 34.4 Å². The van der Waals surface area contributed by atoms with Gasteiger partial charge >= 0.3 is 0 Å². The number of fused-ring (bicyclic) bond motifs is 2. The maximum Gasteiger partial charge on any atom is 0.278 e.